The van der Waals surface area contributed by atoms with Crippen molar-refractivity contribution in [2.24, 2.45) is 0 Å². The molecule has 1 aromatic heterocycles. The van der Waals surface area contributed by atoms with Crippen molar-refractivity contribution in [1.82, 2.24) is 10.5 Å². The number of halogens is 5. The second-order valence-corrected chi connectivity index (χ2v) is 7.75. The highest BCUT2D eigenvalue weighted by Gasteiger charge is 2.35. The number of nitrogens with zero attached hydrogens (tertiary/aromatic N) is 2. The average molecular weight is 499 g/mol. The number of hydroxylamine groups is 1. The number of alkyl halides is 3. The minimum Gasteiger partial charge on any atom is -0.487 e. The van der Waals surface area contributed by atoms with Crippen molar-refractivity contribution < 1.29 is 27.9 Å². The van der Waals surface area contributed by atoms with Gasteiger partial charge >= 0.3 is 6.18 Å². The van der Waals surface area contributed by atoms with Crippen molar-refractivity contribution in [2.45, 2.75) is 12.3 Å². The van der Waals surface area contributed by atoms with Crippen LogP contribution in [0.15, 0.2) is 54.7 Å². The number of carbonyl (C=O) groups is 1. The Kier molecular flexibility index (Phi) is 6.35. The molecule has 0 saturated carbocycles. The fourth-order valence-corrected chi connectivity index (χ4v) is 3.82. The molecule has 12 heteroatoms. The van der Waals surface area contributed by atoms with E-state index < -0.39 is 28.8 Å². The summed E-state index contributed by atoms with van der Waals surface area (Å²) >= 11 is 11.9. The minimum absolute atomic E-state index is 0.0597. The van der Waals surface area contributed by atoms with E-state index in [2.05, 4.69) is 15.8 Å². The second kappa shape index (κ2) is 9.06. The molecule has 1 amide bonds. The maximum absolute atomic E-state index is 13.2. The summed E-state index contributed by atoms with van der Waals surface area (Å²) in [7, 11) is 0. The Morgan fingerprint density at radius 3 is 2.64 bits per heavy atom. The van der Waals surface area contributed by atoms with Gasteiger partial charge in [-0.1, -0.05) is 29.3 Å². The topological polar surface area (TPSA) is 86.7 Å². The number of pyridine rings is 1. The van der Waals surface area contributed by atoms with Crippen molar-refractivity contribution >= 4 is 46.3 Å². The lowest BCUT2D eigenvalue weighted by molar-refractivity contribution is -0.137. The zero-order chi connectivity index (χ0) is 23.8. The van der Waals surface area contributed by atoms with Crippen molar-refractivity contribution in [3.63, 3.8) is 0 Å². The van der Waals surface area contributed by atoms with Gasteiger partial charge in [0.2, 0.25) is 0 Å². The first-order chi connectivity index (χ1) is 15.7. The van der Waals surface area contributed by atoms with E-state index in [1.165, 1.54) is 18.3 Å². The van der Waals surface area contributed by atoms with Gasteiger partial charge in [-0.05, 0) is 42.5 Å². The number of hydrogen-bond acceptors (Lipinski definition) is 6. The van der Waals surface area contributed by atoms with Crippen LogP contribution in [0.5, 0.6) is 5.75 Å². The number of anilines is 3. The molecule has 1 aliphatic heterocycles. The first-order valence-electron chi connectivity index (χ1n) is 9.44. The number of rotatable bonds is 4. The van der Waals surface area contributed by atoms with Gasteiger partial charge in [0.15, 0.2) is 11.6 Å². The minimum atomic E-state index is -4.68. The van der Waals surface area contributed by atoms with Crippen LogP contribution in [0.4, 0.5) is 30.4 Å². The van der Waals surface area contributed by atoms with Gasteiger partial charge in [0, 0.05) is 11.9 Å². The van der Waals surface area contributed by atoms with Gasteiger partial charge in [-0.2, -0.15) is 18.7 Å². The van der Waals surface area contributed by atoms with E-state index in [4.69, 9.17) is 27.9 Å². The molecule has 2 aromatic carbocycles. The molecule has 3 N–H and O–H groups in total. The maximum atomic E-state index is 13.2. The zero-order valence-electron chi connectivity index (χ0n) is 16.5. The molecule has 0 aliphatic carbocycles. The van der Waals surface area contributed by atoms with Crippen LogP contribution >= 0.6 is 23.2 Å². The summed E-state index contributed by atoms with van der Waals surface area (Å²) in [6.07, 6.45) is -3.93. The van der Waals surface area contributed by atoms with Gasteiger partial charge in [-0.15, -0.1) is 0 Å². The van der Waals surface area contributed by atoms with Crippen LogP contribution in [0.1, 0.15) is 15.9 Å². The molecule has 0 bridgehead atoms. The molecule has 0 spiro atoms. The van der Waals surface area contributed by atoms with Gasteiger partial charge in [0.05, 0.1) is 26.9 Å². The standard InChI is InChI=1S/C21H15Cl2F3N4O3/c22-14-7-6-11(9-13(14)21(24,25)26)28-20(31)12-3-1-5-16-18(12)33-10-17(29-32)30(16)19-15(23)4-2-8-27-19/h1-9,17,29,32H,10H2,(H,28,31)/t17-/m1/s1. The number of para-hydroxylation sites is 1. The summed E-state index contributed by atoms with van der Waals surface area (Å²) in [4.78, 5) is 18.8. The highest BCUT2D eigenvalue weighted by Crippen LogP contribution is 2.42. The SMILES string of the molecule is O=C(Nc1ccc(Cl)c(C(F)(F)F)c1)c1cccc2c1OC[C@H](NO)N2c1ncccc1Cl. The Labute approximate surface area is 195 Å². The molecular weight excluding hydrogens is 484 g/mol. The maximum Gasteiger partial charge on any atom is 0.417 e. The first kappa shape index (κ1) is 23.1. The molecule has 172 valence electrons. The quantitative estimate of drug-likeness (QED) is 0.412. The third kappa shape index (κ3) is 4.55. The van der Waals surface area contributed by atoms with Crippen LogP contribution in [0.3, 0.4) is 0 Å². The Bertz CT molecular complexity index is 1210. The monoisotopic (exact) mass is 498 g/mol. The lowest BCUT2D eigenvalue weighted by atomic mass is 10.1. The molecule has 0 fully saturated rings. The van der Waals surface area contributed by atoms with Crippen LogP contribution in [0.25, 0.3) is 0 Å². The highest BCUT2D eigenvalue weighted by molar-refractivity contribution is 6.33. The summed E-state index contributed by atoms with van der Waals surface area (Å²) in [5.74, 6) is -0.252. The molecule has 3 aromatic rings. The third-order valence-corrected chi connectivity index (χ3v) is 5.47. The zero-order valence-corrected chi connectivity index (χ0v) is 18.0. The van der Waals surface area contributed by atoms with Crippen LogP contribution < -0.4 is 20.4 Å². The molecule has 0 radical (unpaired) electrons. The van der Waals surface area contributed by atoms with E-state index in [1.807, 2.05) is 0 Å². The number of aromatic nitrogens is 1. The number of nitrogens with one attached hydrogen (secondary N) is 2. The van der Waals surface area contributed by atoms with Crippen LogP contribution in [0.2, 0.25) is 10.0 Å². The van der Waals surface area contributed by atoms with Crippen LogP contribution in [-0.4, -0.2) is 28.9 Å². The molecule has 4 rings (SSSR count). The molecule has 0 saturated heterocycles. The summed E-state index contributed by atoms with van der Waals surface area (Å²) < 4.78 is 45.2. The lowest BCUT2D eigenvalue weighted by Gasteiger charge is -2.37. The van der Waals surface area contributed by atoms with Crippen molar-refractivity contribution in [3.05, 3.63) is 75.9 Å². The van der Waals surface area contributed by atoms with Gasteiger partial charge in [-0.25, -0.2) is 4.98 Å². The van der Waals surface area contributed by atoms with E-state index >= 15 is 0 Å². The van der Waals surface area contributed by atoms with E-state index in [1.54, 1.807) is 29.2 Å². The van der Waals surface area contributed by atoms with E-state index in [0.29, 0.717) is 16.5 Å². The Morgan fingerprint density at radius 1 is 1.15 bits per heavy atom. The molecule has 1 atom stereocenters. The second-order valence-electron chi connectivity index (χ2n) is 6.94. The Hall–Kier alpha value is -3.05. The van der Waals surface area contributed by atoms with Crippen molar-refractivity contribution in [2.75, 3.05) is 16.8 Å². The van der Waals surface area contributed by atoms with E-state index in [9.17, 15) is 23.2 Å². The smallest absolute Gasteiger partial charge is 0.417 e. The predicted molar refractivity (Wildman–Crippen MR) is 116 cm³/mol. The number of fused-ring (bicyclic) bond motifs is 1. The van der Waals surface area contributed by atoms with Crippen LogP contribution in [-0.2, 0) is 6.18 Å². The summed E-state index contributed by atoms with van der Waals surface area (Å²) in [5, 5.41) is 11.9. The molecule has 33 heavy (non-hydrogen) atoms. The van der Waals surface area contributed by atoms with E-state index in [-0.39, 0.29) is 23.6 Å². The largest absolute Gasteiger partial charge is 0.487 e. The molecule has 0 unspecified atom stereocenters. The molecule has 1 aliphatic rings. The number of hydrogen-bond donors (Lipinski definition) is 3. The number of carbonyl (C=O) groups excluding carboxylic acids is 1. The normalized spacial score (nSPS) is 15.6. The predicted octanol–water partition coefficient (Wildman–Crippen LogP) is 5.49. The fraction of sp³-hybridized carbons (Fsp3) is 0.143. The number of benzene rings is 2. The first-order valence-corrected chi connectivity index (χ1v) is 10.2. The number of ether oxygens (including phenoxy) is 1. The van der Waals surface area contributed by atoms with Crippen LogP contribution in [0, 0.1) is 0 Å². The van der Waals surface area contributed by atoms with Gasteiger partial charge in [0.25, 0.3) is 5.91 Å². The summed E-state index contributed by atoms with van der Waals surface area (Å²) in [5.41, 5.74) is 1.38. The third-order valence-electron chi connectivity index (χ3n) is 4.84. The highest BCUT2D eigenvalue weighted by atomic mass is 35.5. The number of amides is 1. The van der Waals surface area contributed by atoms with Gasteiger partial charge in [0.1, 0.15) is 12.8 Å². The van der Waals surface area contributed by atoms with Crippen molar-refractivity contribution in [3.8, 4) is 5.75 Å². The summed E-state index contributed by atoms with van der Waals surface area (Å²) in [6.45, 7) is -0.0835. The molecule has 2 heterocycles. The molecular formula is C21H15Cl2F3N4O3. The van der Waals surface area contributed by atoms with Gasteiger partial charge in [-0.3, -0.25) is 9.69 Å². The van der Waals surface area contributed by atoms with E-state index in [0.717, 1.165) is 12.1 Å². The van der Waals surface area contributed by atoms with Gasteiger partial charge < -0.3 is 15.3 Å². The Morgan fingerprint density at radius 2 is 1.94 bits per heavy atom. The fourth-order valence-electron chi connectivity index (χ4n) is 3.38. The van der Waals surface area contributed by atoms with Crippen molar-refractivity contribution in [1.29, 1.82) is 0 Å². The summed E-state index contributed by atoms with van der Waals surface area (Å²) in [6, 6.07) is 11.0. The average Bonchev–Trinajstić information content (AvgIpc) is 2.78. The molecule has 7 nitrogen and oxygen atoms in total. The lowest BCUT2D eigenvalue weighted by Crippen LogP contribution is -2.49. The Balaban J connectivity index is 1.71.